The van der Waals surface area contributed by atoms with Gasteiger partial charge in [0.15, 0.2) is 0 Å². The Labute approximate surface area is 138 Å². The SMILES string of the molecule is O=C(NC(c1ccccc1)C1CCC1)N1CCC2(CCOC2)C1. The van der Waals surface area contributed by atoms with Crippen molar-refractivity contribution in [2.24, 2.45) is 11.3 Å². The van der Waals surface area contributed by atoms with E-state index in [2.05, 4.69) is 29.6 Å². The number of hydrogen-bond donors (Lipinski definition) is 1. The Kier molecular flexibility index (Phi) is 4.02. The van der Waals surface area contributed by atoms with Crippen LogP contribution in [0.15, 0.2) is 30.3 Å². The minimum Gasteiger partial charge on any atom is -0.381 e. The summed E-state index contributed by atoms with van der Waals surface area (Å²) in [6.45, 7) is 3.39. The largest absolute Gasteiger partial charge is 0.381 e. The second-order valence-corrected chi connectivity index (χ2v) is 7.50. The maximum Gasteiger partial charge on any atom is 0.317 e. The first-order chi connectivity index (χ1) is 11.3. The van der Waals surface area contributed by atoms with E-state index in [-0.39, 0.29) is 17.5 Å². The maximum absolute atomic E-state index is 12.8. The zero-order chi connectivity index (χ0) is 15.7. The molecule has 1 spiro atoms. The van der Waals surface area contributed by atoms with Gasteiger partial charge in [-0.1, -0.05) is 36.8 Å². The number of carbonyl (C=O) groups is 1. The summed E-state index contributed by atoms with van der Waals surface area (Å²) in [6, 6.07) is 10.7. The number of nitrogens with zero attached hydrogens (tertiary/aromatic N) is 1. The second kappa shape index (κ2) is 6.16. The summed E-state index contributed by atoms with van der Waals surface area (Å²) < 4.78 is 5.57. The molecular formula is C19H26N2O2. The average molecular weight is 314 g/mol. The molecule has 1 aliphatic carbocycles. The van der Waals surface area contributed by atoms with Crippen LogP contribution in [0.1, 0.15) is 43.7 Å². The number of likely N-dealkylation sites (tertiary alicyclic amines) is 1. The topological polar surface area (TPSA) is 41.6 Å². The molecular weight excluding hydrogens is 288 g/mol. The first-order valence-corrected chi connectivity index (χ1v) is 8.94. The van der Waals surface area contributed by atoms with Crippen LogP contribution in [0.2, 0.25) is 0 Å². The summed E-state index contributed by atoms with van der Waals surface area (Å²) in [5, 5.41) is 3.33. The molecule has 23 heavy (non-hydrogen) atoms. The van der Waals surface area contributed by atoms with Crippen LogP contribution in [-0.2, 0) is 4.74 Å². The molecule has 4 heteroatoms. The van der Waals surface area contributed by atoms with E-state index in [1.807, 2.05) is 11.0 Å². The number of ether oxygens (including phenoxy) is 1. The van der Waals surface area contributed by atoms with Gasteiger partial charge in [-0.25, -0.2) is 4.79 Å². The fraction of sp³-hybridized carbons (Fsp3) is 0.632. The third kappa shape index (κ3) is 2.97. The highest BCUT2D eigenvalue weighted by molar-refractivity contribution is 5.75. The van der Waals surface area contributed by atoms with Crippen LogP contribution in [0.25, 0.3) is 0 Å². The molecule has 0 radical (unpaired) electrons. The molecule has 2 heterocycles. The third-order valence-electron chi connectivity index (χ3n) is 5.97. The molecule has 1 aromatic rings. The highest BCUT2D eigenvalue weighted by Crippen LogP contribution is 2.40. The molecule has 1 aromatic carbocycles. The van der Waals surface area contributed by atoms with Gasteiger partial charge in [0.2, 0.25) is 0 Å². The Hall–Kier alpha value is -1.55. The Morgan fingerprint density at radius 1 is 1.26 bits per heavy atom. The minimum atomic E-state index is 0.106. The zero-order valence-corrected chi connectivity index (χ0v) is 13.7. The molecule has 3 fully saturated rings. The summed E-state index contributed by atoms with van der Waals surface area (Å²) in [7, 11) is 0. The van der Waals surface area contributed by atoms with Crippen LogP contribution in [0.3, 0.4) is 0 Å². The summed E-state index contributed by atoms with van der Waals surface area (Å²) in [6.07, 6.45) is 5.91. The van der Waals surface area contributed by atoms with Gasteiger partial charge in [-0.15, -0.1) is 0 Å². The summed E-state index contributed by atoms with van der Waals surface area (Å²) >= 11 is 0. The van der Waals surface area contributed by atoms with Gasteiger partial charge < -0.3 is 15.0 Å². The molecule has 2 unspecified atom stereocenters. The Morgan fingerprint density at radius 3 is 2.74 bits per heavy atom. The van der Waals surface area contributed by atoms with E-state index >= 15 is 0 Å². The number of hydrogen-bond acceptors (Lipinski definition) is 2. The smallest absolute Gasteiger partial charge is 0.317 e. The van der Waals surface area contributed by atoms with E-state index < -0.39 is 0 Å². The van der Waals surface area contributed by atoms with Crippen molar-refractivity contribution in [2.45, 2.75) is 38.1 Å². The highest BCUT2D eigenvalue weighted by atomic mass is 16.5. The van der Waals surface area contributed by atoms with Crippen LogP contribution in [-0.4, -0.2) is 37.2 Å². The fourth-order valence-electron chi connectivity index (χ4n) is 4.21. The Morgan fingerprint density at radius 2 is 2.09 bits per heavy atom. The van der Waals surface area contributed by atoms with Crippen molar-refractivity contribution in [3.63, 3.8) is 0 Å². The number of nitrogens with one attached hydrogen (secondary N) is 1. The van der Waals surface area contributed by atoms with E-state index in [1.54, 1.807) is 0 Å². The molecule has 2 saturated heterocycles. The standard InChI is InChI=1S/C19H26N2O2/c22-18(21-11-9-19(13-21)10-12-23-14-19)20-17(16-7-4-8-16)15-5-2-1-3-6-15/h1-3,5-6,16-17H,4,7-14H2,(H,20,22). The van der Waals surface area contributed by atoms with Gasteiger partial charge in [0.1, 0.15) is 0 Å². The average Bonchev–Trinajstić information content (AvgIpc) is 3.16. The second-order valence-electron chi connectivity index (χ2n) is 7.50. The van der Waals surface area contributed by atoms with Gasteiger partial charge in [-0.05, 0) is 37.2 Å². The lowest BCUT2D eigenvalue weighted by Crippen LogP contribution is -2.44. The van der Waals surface area contributed by atoms with Gasteiger partial charge in [0.25, 0.3) is 0 Å². The number of urea groups is 1. The normalized spacial score (nSPS) is 28.8. The molecule has 0 aromatic heterocycles. The summed E-state index contributed by atoms with van der Waals surface area (Å²) in [4.78, 5) is 14.8. The number of carbonyl (C=O) groups excluding carboxylic acids is 1. The van der Waals surface area contributed by atoms with Crippen molar-refractivity contribution in [1.29, 1.82) is 0 Å². The van der Waals surface area contributed by atoms with Gasteiger partial charge in [0.05, 0.1) is 12.6 Å². The van der Waals surface area contributed by atoms with E-state index in [0.717, 1.165) is 39.1 Å². The minimum absolute atomic E-state index is 0.106. The highest BCUT2D eigenvalue weighted by Gasteiger charge is 2.43. The Bertz CT molecular complexity index is 550. The van der Waals surface area contributed by atoms with Crippen molar-refractivity contribution in [2.75, 3.05) is 26.3 Å². The lowest BCUT2D eigenvalue weighted by Gasteiger charge is -2.35. The monoisotopic (exact) mass is 314 g/mol. The summed E-state index contributed by atoms with van der Waals surface area (Å²) in [5.74, 6) is 0.590. The van der Waals surface area contributed by atoms with E-state index in [0.29, 0.717) is 5.92 Å². The van der Waals surface area contributed by atoms with E-state index in [9.17, 15) is 4.79 Å². The molecule has 3 aliphatic rings. The quantitative estimate of drug-likeness (QED) is 0.929. The zero-order valence-electron chi connectivity index (χ0n) is 13.7. The molecule has 2 aliphatic heterocycles. The lowest BCUT2D eigenvalue weighted by atomic mass is 9.77. The lowest BCUT2D eigenvalue weighted by molar-refractivity contribution is 0.150. The molecule has 1 N–H and O–H groups in total. The first-order valence-electron chi connectivity index (χ1n) is 8.94. The van der Waals surface area contributed by atoms with Crippen molar-refractivity contribution < 1.29 is 9.53 Å². The predicted molar refractivity (Wildman–Crippen MR) is 89.1 cm³/mol. The Balaban J connectivity index is 1.43. The molecule has 124 valence electrons. The molecule has 0 bridgehead atoms. The molecule has 2 amide bonds. The van der Waals surface area contributed by atoms with Gasteiger partial charge in [-0.2, -0.15) is 0 Å². The van der Waals surface area contributed by atoms with Crippen LogP contribution in [0, 0.1) is 11.3 Å². The van der Waals surface area contributed by atoms with Gasteiger partial charge in [-0.3, -0.25) is 0 Å². The van der Waals surface area contributed by atoms with Crippen molar-refractivity contribution in [3.05, 3.63) is 35.9 Å². The van der Waals surface area contributed by atoms with Crippen molar-refractivity contribution in [1.82, 2.24) is 10.2 Å². The van der Waals surface area contributed by atoms with E-state index in [1.165, 1.54) is 24.8 Å². The predicted octanol–water partition coefficient (Wildman–Crippen LogP) is 3.35. The van der Waals surface area contributed by atoms with Crippen LogP contribution in [0.4, 0.5) is 4.79 Å². The van der Waals surface area contributed by atoms with Crippen LogP contribution >= 0.6 is 0 Å². The van der Waals surface area contributed by atoms with Crippen LogP contribution < -0.4 is 5.32 Å². The third-order valence-corrected chi connectivity index (χ3v) is 5.97. The van der Waals surface area contributed by atoms with Crippen molar-refractivity contribution >= 4 is 6.03 Å². The molecule has 2 atom stereocenters. The molecule has 4 nitrogen and oxygen atoms in total. The number of amides is 2. The number of benzene rings is 1. The fourth-order valence-corrected chi connectivity index (χ4v) is 4.21. The molecule has 1 saturated carbocycles. The van der Waals surface area contributed by atoms with E-state index in [4.69, 9.17) is 4.74 Å². The first kappa shape index (κ1) is 15.0. The van der Waals surface area contributed by atoms with Crippen LogP contribution in [0.5, 0.6) is 0 Å². The summed E-state index contributed by atoms with van der Waals surface area (Å²) in [5.41, 5.74) is 1.47. The maximum atomic E-state index is 12.8. The molecule has 4 rings (SSSR count). The van der Waals surface area contributed by atoms with Crippen molar-refractivity contribution in [3.8, 4) is 0 Å². The number of rotatable bonds is 3. The van der Waals surface area contributed by atoms with Gasteiger partial charge in [0, 0.05) is 25.1 Å². The van der Waals surface area contributed by atoms with Gasteiger partial charge >= 0.3 is 6.03 Å².